The van der Waals surface area contributed by atoms with Crippen molar-refractivity contribution in [2.75, 3.05) is 19.8 Å². The van der Waals surface area contributed by atoms with Crippen molar-refractivity contribution in [1.29, 1.82) is 0 Å². The first-order chi connectivity index (χ1) is 9.99. The number of aliphatic hydroxyl groups is 1. The smallest absolute Gasteiger partial charge is 0.251 e. The van der Waals surface area contributed by atoms with Crippen molar-refractivity contribution in [1.82, 2.24) is 5.32 Å². The van der Waals surface area contributed by atoms with E-state index in [1.54, 1.807) is 12.1 Å². The molecule has 5 nitrogen and oxygen atoms in total. The zero-order valence-electron chi connectivity index (χ0n) is 12.2. The van der Waals surface area contributed by atoms with Gasteiger partial charge >= 0.3 is 0 Å². The fraction of sp³-hybridized carbons (Fsp3) is 0.533. The number of hydrogen-bond acceptors (Lipinski definition) is 4. The predicted molar refractivity (Wildman–Crippen MR) is 80.3 cm³/mol. The molecule has 2 N–H and O–H groups in total. The van der Waals surface area contributed by atoms with Crippen molar-refractivity contribution in [3.8, 4) is 11.5 Å². The molecule has 0 atom stereocenters. The Morgan fingerprint density at radius 3 is 2.67 bits per heavy atom. The molecule has 0 spiro atoms. The minimum Gasteiger partial charge on any atom is -0.486 e. The lowest BCUT2D eigenvalue weighted by atomic mass is 9.97. The highest BCUT2D eigenvalue weighted by Gasteiger charge is 2.24. The first-order valence-corrected chi connectivity index (χ1v) is 7.46. The van der Waals surface area contributed by atoms with E-state index in [1.165, 1.54) is 0 Å². The van der Waals surface area contributed by atoms with Crippen molar-refractivity contribution >= 4 is 17.5 Å². The summed E-state index contributed by atoms with van der Waals surface area (Å²) in [5.74, 6) is 0.646. The van der Waals surface area contributed by atoms with Crippen LogP contribution >= 0.6 is 11.6 Å². The van der Waals surface area contributed by atoms with E-state index in [9.17, 15) is 9.90 Å². The monoisotopic (exact) mass is 313 g/mol. The Hall–Kier alpha value is -1.46. The lowest BCUT2D eigenvalue weighted by molar-refractivity contribution is 0.0314. The number of nitrogens with one attached hydrogen (secondary N) is 1. The molecule has 0 fully saturated rings. The summed E-state index contributed by atoms with van der Waals surface area (Å²) >= 11 is 6.10. The number of benzene rings is 1. The van der Waals surface area contributed by atoms with Crippen molar-refractivity contribution in [3.63, 3.8) is 0 Å². The van der Waals surface area contributed by atoms with E-state index >= 15 is 0 Å². The van der Waals surface area contributed by atoms with E-state index in [0.717, 1.165) is 0 Å². The summed E-state index contributed by atoms with van der Waals surface area (Å²) in [5.41, 5.74) is -0.494. The van der Waals surface area contributed by atoms with E-state index in [2.05, 4.69) is 5.32 Å². The fourth-order valence-electron chi connectivity index (χ4n) is 2.09. The average Bonchev–Trinajstić information content (AvgIpc) is 2.52. The van der Waals surface area contributed by atoms with Gasteiger partial charge in [0.05, 0.1) is 10.6 Å². The molecule has 0 radical (unpaired) electrons. The molecule has 2 rings (SSSR count). The second-order valence-corrected chi connectivity index (χ2v) is 5.50. The van der Waals surface area contributed by atoms with Crippen molar-refractivity contribution in [2.24, 2.45) is 0 Å². The maximum absolute atomic E-state index is 12.2. The van der Waals surface area contributed by atoms with Gasteiger partial charge in [0.1, 0.15) is 13.2 Å². The number of rotatable bonds is 5. The van der Waals surface area contributed by atoms with E-state index in [-0.39, 0.29) is 12.5 Å². The minimum atomic E-state index is -0.882. The highest BCUT2D eigenvalue weighted by Crippen LogP contribution is 2.38. The van der Waals surface area contributed by atoms with Gasteiger partial charge in [0.25, 0.3) is 5.91 Å². The van der Waals surface area contributed by atoms with Crippen LogP contribution in [0.25, 0.3) is 0 Å². The summed E-state index contributed by atoms with van der Waals surface area (Å²) in [6.45, 7) is 4.84. The van der Waals surface area contributed by atoms with Gasteiger partial charge < -0.3 is 19.9 Å². The van der Waals surface area contributed by atoms with E-state index in [0.29, 0.717) is 48.1 Å². The molecule has 0 saturated heterocycles. The third-order valence-electron chi connectivity index (χ3n) is 3.75. The lowest BCUT2D eigenvalue weighted by Crippen LogP contribution is -2.42. The molecule has 1 aliphatic rings. The molecule has 116 valence electrons. The molecule has 0 unspecified atom stereocenters. The van der Waals surface area contributed by atoms with Crippen LogP contribution in [0.15, 0.2) is 12.1 Å². The molecule has 1 amide bonds. The molecular weight excluding hydrogens is 294 g/mol. The molecule has 1 aromatic carbocycles. The average molecular weight is 314 g/mol. The fourth-order valence-corrected chi connectivity index (χ4v) is 2.35. The second kappa shape index (κ2) is 6.54. The highest BCUT2D eigenvalue weighted by atomic mass is 35.5. The van der Waals surface area contributed by atoms with Crippen molar-refractivity contribution < 1.29 is 19.4 Å². The summed E-state index contributed by atoms with van der Waals surface area (Å²) in [6.07, 6.45) is 1.15. The molecule has 21 heavy (non-hydrogen) atoms. The van der Waals surface area contributed by atoms with Crippen LogP contribution in [0.3, 0.4) is 0 Å². The standard InChI is InChI=1S/C15H20ClNO4/c1-3-15(19,4-2)9-17-14(18)10-7-11(16)13-12(8-10)20-5-6-21-13/h7-8,19H,3-6,9H2,1-2H3,(H,17,18). The van der Waals surface area contributed by atoms with Crippen LogP contribution in [0.4, 0.5) is 0 Å². The van der Waals surface area contributed by atoms with Gasteiger partial charge in [-0.15, -0.1) is 0 Å². The van der Waals surface area contributed by atoms with Gasteiger partial charge in [0.2, 0.25) is 0 Å². The van der Waals surface area contributed by atoms with Gasteiger partial charge in [-0.1, -0.05) is 25.4 Å². The summed E-state index contributed by atoms with van der Waals surface area (Å²) in [7, 11) is 0. The van der Waals surface area contributed by atoms with Crippen LogP contribution < -0.4 is 14.8 Å². The molecule has 1 aliphatic heterocycles. The third-order valence-corrected chi connectivity index (χ3v) is 4.03. The van der Waals surface area contributed by atoms with Crippen molar-refractivity contribution in [2.45, 2.75) is 32.3 Å². The lowest BCUT2D eigenvalue weighted by Gasteiger charge is -2.25. The summed E-state index contributed by atoms with van der Waals surface area (Å²) in [5, 5.41) is 13.3. The van der Waals surface area contributed by atoms with Gasteiger partial charge in [-0.2, -0.15) is 0 Å². The largest absolute Gasteiger partial charge is 0.486 e. The quantitative estimate of drug-likeness (QED) is 0.876. The predicted octanol–water partition coefficient (Wildman–Crippen LogP) is 2.39. The molecular formula is C15H20ClNO4. The Kier molecular flexibility index (Phi) is 4.96. The first kappa shape index (κ1) is 15.9. The van der Waals surface area contributed by atoms with Gasteiger partial charge in [0, 0.05) is 12.1 Å². The molecule has 0 aromatic heterocycles. The molecule has 0 saturated carbocycles. The topological polar surface area (TPSA) is 67.8 Å². The first-order valence-electron chi connectivity index (χ1n) is 7.09. The van der Waals surface area contributed by atoms with Crippen molar-refractivity contribution in [3.05, 3.63) is 22.7 Å². The van der Waals surface area contributed by atoms with Crippen LogP contribution in [0.1, 0.15) is 37.0 Å². The van der Waals surface area contributed by atoms with Gasteiger partial charge in [-0.05, 0) is 25.0 Å². The van der Waals surface area contributed by atoms with Crippen LogP contribution in [0, 0.1) is 0 Å². The zero-order valence-corrected chi connectivity index (χ0v) is 13.0. The van der Waals surface area contributed by atoms with Gasteiger partial charge in [-0.3, -0.25) is 4.79 Å². The Morgan fingerprint density at radius 2 is 2.00 bits per heavy atom. The van der Waals surface area contributed by atoms with Gasteiger partial charge in [-0.25, -0.2) is 0 Å². The molecule has 0 aliphatic carbocycles. The maximum Gasteiger partial charge on any atom is 0.251 e. The number of amides is 1. The van der Waals surface area contributed by atoms with Crippen LogP contribution in [-0.2, 0) is 0 Å². The molecule has 1 aromatic rings. The van der Waals surface area contributed by atoms with Crippen LogP contribution in [0.5, 0.6) is 11.5 Å². The number of halogens is 1. The van der Waals surface area contributed by atoms with E-state index in [4.69, 9.17) is 21.1 Å². The normalized spacial score (nSPS) is 13.9. The Labute approximate surface area is 129 Å². The number of ether oxygens (including phenoxy) is 2. The zero-order chi connectivity index (χ0) is 15.5. The van der Waals surface area contributed by atoms with E-state index in [1.807, 2.05) is 13.8 Å². The number of carbonyl (C=O) groups excluding carboxylic acids is 1. The Balaban J connectivity index is 2.11. The minimum absolute atomic E-state index is 0.199. The molecule has 1 heterocycles. The molecule has 6 heteroatoms. The highest BCUT2D eigenvalue weighted by molar-refractivity contribution is 6.32. The van der Waals surface area contributed by atoms with Gasteiger partial charge in [0.15, 0.2) is 11.5 Å². The van der Waals surface area contributed by atoms with E-state index < -0.39 is 5.60 Å². The number of hydrogen-bond donors (Lipinski definition) is 2. The van der Waals surface area contributed by atoms with Crippen LogP contribution in [0.2, 0.25) is 5.02 Å². The summed E-state index contributed by atoms with van der Waals surface area (Å²) in [6, 6.07) is 3.15. The molecule has 0 bridgehead atoms. The number of carbonyl (C=O) groups is 1. The van der Waals surface area contributed by atoms with Crippen LogP contribution in [-0.4, -0.2) is 36.4 Å². The Bertz CT molecular complexity index is 529. The summed E-state index contributed by atoms with van der Waals surface area (Å²) in [4.78, 5) is 12.2. The Morgan fingerprint density at radius 1 is 1.33 bits per heavy atom. The maximum atomic E-state index is 12.2. The number of fused-ring (bicyclic) bond motifs is 1. The summed E-state index contributed by atoms with van der Waals surface area (Å²) < 4.78 is 10.9. The third kappa shape index (κ3) is 3.60. The SMILES string of the molecule is CCC(O)(CC)CNC(=O)c1cc(Cl)c2c(c1)OCCO2. The second-order valence-electron chi connectivity index (χ2n) is 5.10.